The molecule has 1 atom stereocenters. The van der Waals surface area contributed by atoms with Gasteiger partial charge in [0.05, 0.1) is 0 Å². The third-order valence-corrected chi connectivity index (χ3v) is 3.94. The lowest BCUT2D eigenvalue weighted by atomic mass is 9.85. The normalized spacial score (nSPS) is 17.2. The van der Waals surface area contributed by atoms with Gasteiger partial charge in [-0.25, -0.2) is 15.0 Å². The van der Waals surface area contributed by atoms with Gasteiger partial charge in [-0.15, -0.1) is 0 Å². The maximum atomic E-state index is 13.2. The van der Waals surface area contributed by atoms with Gasteiger partial charge in [-0.3, -0.25) is 4.79 Å². The second-order valence-corrected chi connectivity index (χ2v) is 5.69. The van der Waals surface area contributed by atoms with Crippen LogP contribution >= 0.6 is 0 Å². The van der Waals surface area contributed by atoms with Crippen LogP contribution in [0, 0.1) is 12.8 Å². The number of nitrogens with zero attached hydrogens (tertiary/aromatic N) is 3. The summed E-state index contributed by atoms with van der Waals surface area (Å²) in [6, 6.07) is 5.06. The maximum absolute atomic E-state index is 13.2. The first-order valence-corrected chi connectivity index (χ1v) is 7.50. The highest BCUT2D eigenvalue weighted by atomic mass is 19.4. The third-order valence-electron chi connectivity index (χ3n) is 3.94. The zero-order valence-electron chi connectivity index (χ0n) is 12.9. The summed E-state index contributed by atoms with van der Waals surface area (Å²) in [7, 11) is 0. The Hall–Kier alpha value is -2.51. The first-order chi connectivity index (χ1) is 11.3. The number of hydrogen-bond donors (Lipinski definition) is 1. The van der Waals surface area contributed by atoms with Gasteiger partial charge in [0.15, 0.2) is 5.69 Å². The molecule has 0 aliphatic heterocycles. The van der Waals surface area contributed by atoms with Crippen LogP contribution in [0.1, 0.15) is 29.2 Å². The van der Waals surface area contributed by atoms with Crippen molar-refractivity contribution in [1.82, 2.24) is 15.0 Å². The van der Waals surface area contributed by atoms with Gasteiger partial charge in [0.2, 0.25) is 5.91 Å². The predicted octanol–water partition coefficient (Wildman–Crippen LogP) is 2.94. The smallest absolute Gasteiger partial charge is 0.310 e. The number of carbonyl (C=O) groups excluding carboxylic acids is 1. The second kappa shape index (κ2) is 6.18. The van der Waals surface area contributed by atoms with Crippen LogP contribution < -0.4 is 5.32 Å². The molecule has 0 spiro atoms. The molecule has 0 aromatic carbocycles. The van der Waals surface area contributed by atoms with Crippen molar-refractivity contribution in [2.75, 3.05) is 5.32 Å². The summed E-state index contributed by atoms with van der Waals surface area (Å²) in [5.41, 5.74) is -0.516. The topological polar surface area (TPSA) is 67.8 Å². The second-order valence-electron chi connectivity index (χ2n) is 5.69. The number of aromatic nitrogens is 3. The van der Waals surface area contributed by atoms with Crippen molar-refractivity contribution in [3.8, 4) is 0 Å². The molecule has 2 heterocycles. The molecular formula is C16H15F3N4O. The lowest BCUT2D eigenvalue weighted by Gasteiger charge is -2.25. The van der Waals surface area contributed by atoms with Crippen molar-refractivity contribution in [3.63, 3.8) is 0 Å². The lowest BCUT2D eigenvalue weighted by molar-refractivity contribution is -0.142. The molecule has 0 bridgehead atoms. The Morgan fingerprint density at radius 1 is 1.29 bits per heavy atom. The van der Waals surface area contributed by atoms with Crippen molar-refractivity contribution in [2.45, 2.75) is 32.4 Å². The van der Waals surface area contributed by atoms with E-state index in [0.29, 0.717) is 24.4 Å². The molecule has 1 N–H and O–H groups in total. The Kier molecular flexibility index (Phi) is 4.21. The predicted molar refractivity (Wildman–Crippen MR) is 80.2 cm³/mol. The van der Waals surface area contributed by atoms with Crippen molar-refractivity contribution >= 4 is 11.7 Å². The summed E-state index contributed by atoms with van der Waals surface area (Å²) in [5.74, 6) is -0.429. The fourth-order valence-electron chi connectivity index (χ4n) is 2.86. The van der Waals surface area contributed by atoms with Gasteiger partial charge >= 0.3 is 6.18 Å². The number of pyridine rings is 1. The van der Waals surface area contributed by atoms with Crippen LogP contribution in [0.5, 0.6) is 0 Å². The largest absolute Gasteiger partial charge is 0.433 e. The molecule has 1 aliphatic carbocycles. The Morgan fingerprint density at radius 3 is 2.75 bits per heavy atom. The molecule has 2 aromatic rings. The number of halogens is 3. The van der Waals surface area contributed by atoms with Crippen LogP contribution in [0.2, 0.25) is 0 Å². The Bertz CT molecular complexity index is 762. The number of aryl methyl sites for hydroxylation is 2. The van der Waals surface area contributed by atoms with Crippen molar-refractivity contribution in [3.05, 3.63) is 47.2 Å². The highest BCUT2D eigenvalue weighted by Gasteiger charge is 2.39. The SMILES string of the molecule is Cc1nc2c(c(C(F)(F)F)n1)CC(C(=O)Nc1ccccn1)CC2. The fourth-order valence-corrected chi connectivity index (χ4v) is 2.86. The summed E-state index contributed by atoms with van der Waals surface area (Å²) in [5, 5.41) is 2.64. The van der Waals surface area contributed by atoms with E-state index >= 15 is 0 Å². The van der Waals surface area contributed by atoms with E-state index in [4.69, 9.17) is 0 Å². The summed E-state index contributed by atoms with van der Waals surface area (Å²) in [6.07, 6.45) is -2.29. The zero-order valence-corrected chi connectivity index (χ0v) is 12.9. The van der Waals surface area contributed by atoms with E-state index < -0.39 is 17.8 Å². The third kappa shape index (κ3) is 3.37. The quantitative estimate of drug-likeness (QED) is 0.915. The van der Waals surface area contributed by atoms with Gasteiger partial charge in [-0.1, -0.05) is 6.07 Å². The van der Waals surface area contributed by atoms with Crippen molar-refractivity contribution in [2.24, 2.45) is 5.92 Å². The molecule has 0 saturated heterocycles. The number of amides is 1. The van der Waals surface area contributed by atoms with Crippen LogP contribution in [0.4, 0.5) is 19.0 Å². The minimum atomic E-state index is -4.56. The number of alkyl halides is 3. The van der Waals surface area contributed by atoms with Gasteiger partial charge in [0.1, 0.15) is 11.6 Å². The standard InChI is InChI=1S/C16H15F3N4O/c1-9-21-12-6-5-10(8-11(12)14(22-9)16(17,18)19)15(24)23-13-4-2-3-7-20-13/h2-4,7,10H,5-6,8H2,1H3,(H,20,23,24). The summed E-state index contributed by atoms with van der Waals surface area (Å²) < 4.78 is 39.7. The maximum Gasteiger partial charge on any atom is 0.433 e. The van der Waals surface area contributed by atoms with Crippen LogP contribution in [-0.2, 0) is 23.8 Å². The lowest BCUT2D eigenvalue weighted by Crippen LogP contribution is -2.31. The minimum absolute atomic E-state index is 0.0247. The Labute approximate surface area is 136 Å². The van der Waals surface area contributed by atoms with Gasteiger partial charge in [0, 0.05) is 23.4 Å². The van der Waals surface area contributed by atoms with Crippen LogP contribution in [-0.4, -0.2) is 20.9 Å². The number of fused-ring (bicyclic) bond motifs is 1. The van der Waals surface area contributed by atoms with E-state index in [1.807, 2.05) is 0 Å². The van der Waals surface area contributed by atoms with E-state index in [-0.39, 0.29) is 23.7 Å². The zero-order chi connectivity index (χ0) is 17.3. The molecule has 24 heavy (non-hydrogen) atoms. The average molecular weight is 336 g/mol. The molecule has 0 saturated carbocycles. The fraction of sp³-hybridized carbons (Fsp3) is 0.375. The monoisotopic (exact) mass is 336 g/mol. The molecule has 2 aromatic heterocycles. The number of nitrogens with one attached hydrogen (secondary N) is 1. The molecule has 3 rings (SSSR count). The van der Waals surface area contributed by atoms with Crippen LogP contribution in [0.25, 0.3) is 0 Å². The first-order valence-electron chi connectivity index (χ1n) is 7.50. The number of hydrogen-bond acceptors (Lipinski definition) is 4. The molecule has 1 aliphatic rings. The van der Waals surface area contributed by atoms with Crippen molar-refractivity contribution < 1.29 is 18.0 Å². The Balaban J connectivity index is 1.85. The average Bonchev–Trinajstić information content (AvgIpc) is 2.53. The number of anilines is 1. The van der Waals surface area contributed by atoms with Gasteiger partial charge < -0.3 is 5.32 Å². The van der Waals surface area contributed by atoms with Gasteiger partial charge in [-0.2, -0.15) is 13.2 Å². The number of carbonyl (C=O) groups is 1. The minimum Gasteiger partial charge on any atom is -0.310 e. The van der Waals surface area contributed by atoms with Crippen LogP contribution in [0.3, 0.4) is 0 Å². The summed E-state index contributed by atoms with van der Waals surface area (Å²) >= 11 is 0. The highest BCUT2D eigenvalue weighted by molar-refractivity contribution is 5.92. The molecule has 0 fully saturated rings. The van der Waals surface area contributed by atoms with E-state index in [2.05, 4.69) is 20.3 Å². The van der Waals surface area contributed by atoms with E-state index in [1.165, 1.54) is 13.1 Å². The van der Waals surface area contributed by atoms with E-state index in [1.54, 1.807) is 18.2 Å². The highest BCUT2D eigenvalue weighted by Crippen LogP contribution is 2.36. The molecular weight excluding hydrogens is 321 g/mol. The van der Waals surface area contributed by atoms with Crippen LogP contribution in [0.15, 0.2) is 24.4 Å². The van der Waals surface area contributed by atoms with E-state index in [0.717, 1.165) is 0 Å². The molecule has 0 radical (unpaired) electrons. The first kappa shape index (κ1) is 16.4. The van der Waals surface area contributed by atoms with Gasteiger partial charge in [-0.05, 0) is 38.3 Å². The van der Waals surface area contributed by atoms with E-state index in [9.17, 15) is 18.0 Å². The molecule has 8 heteroatoms. The molecule has 126 valence electrons. The molecule has 5 nitrogen and oxygen atoms in total. The summed E-state index contributed by atoms with van der Waals surface area (Å²) in [4.78, 5) is 24.0. The Morgan fingerprint density at radius 2 is 2.08 bits per heavy atom. The van der Waals surface area contributed by atoms with Gasteiger partial charge in [0.25, 0.3) is 0 Å². The summed E-state index contributed by atoms with van der Waals surface area (Å²) in [6.45, 7) is 1.44. The molecule has 1 amide bonds. The van der Waals surface area contributed by atoms with Crippen molar-refractivity contribution in [1.29, 1.82) is 0 Å². The number of rotatable bonds is 2. The molecule has 1 unspecified atom stereocenters.